The van der Waals surface area contributed by atoms with E-state index in [1.165, 1.54) is 0 Å². The lowest BCUT2D eigenvalue weighted by atomic mass is 10.3. The van der Waals surface area contributed by atoms with E-state index in [0.717, 1.165) is 13.1 Å². The molecule has 1 atom stereocenters. The predicted octanol–water partition coefficient (Wildman–Crippen LogP) is 0.254. The number of likely N-dealkylation sites (N-methyl/N-ethyl adjacent to an activating group) is 1. The third-order valence-corrected chi connectivity index (χ3v) is 1.65. The Hall–Kier alpha value is -0.570. The largest absolute Gasteiger partial charge is 0.460 e. The third kappa shape index (κ3) is 1.70. The van der Waals surface area contributed by atoms with E-state index in [1.807, 2.05) is 13.8 Å². The molecule has 0 aromatic carbocycles. The van der Waals surface area contributed by atoms with Gasteiger partial charge in [-0.2, -0.15) is 0 Å². The van der Waals surface area contributed by atoms with Crippen molar-refractivity contribution >= 4 is 5.97 Å². The van der Waals surface area contributed by atoms with Crippen molar-refractivity contribution in [3.05, 3.63) is 0 Å². The van der Waals surface area contributed by atoms with Gasteiger partial charge in [-0.3, -0.25) is 9.69 Å². The van der Waals surface area contributed by atoms with Gasteiger partial charge in [-0.05, 0) is 13.5 Å². The first-order chi connectivity index (χ1) is 4.72. The standard InChI is InChI=1S/C7H13NO2/c1-3-8-4-6(2)10-7(9)5-8/h6H,3-5H2,1-2H3. The summed E-state index contributed by atoms with van der Waals surface area (Å²) in [6.45, 7) is 6.23. The fourth-order valence-electron chi connectivity index (χ4n) is 1.15. The number of morpholine rings is 1. The molecule has 0 bridgehead atoms. The van der Waals surface area contributed by atoms with Crippen molar-refractivity contribution in [1.29, 1.82) is 0 Å². The third-order valence-electron chi connectivity index (χ3n) is 1.65. The summed E-state index contributed by atoms with van der Waals surface area (Å²) in [7, 11) is 0. The average Bonchev–Trinajstić information content (AvgIpc) is 1.85. The summed E-state index contributed by atoms with van der Waals surface area (Å²) < 4.78 is 4.94. The Morgan fingerprint density at radius 1 is 1.80 bits per heavy atom. The van der Waals surface area contributed by atoms with Gasteiger partial charge in [0.2, 0.25) is 0 Å². The van der Waals surface area contributed by atoms with Crippen molar-refractivity contribution in [3.63, 3.8) is 0 Å². The van der Waals surface area contributed by atoms with E-state index in [-0.39, 0.29) is 12.1 Å². The van der Waals surface area contributed by atoms with Crippen LogP contribution in [0.1, 0.15) is 13.8 Å². The van der Waals surface area contributed by atoms with Gasteiger partial charge in [-0.15, -0.1) is 0 Å². The summed E-state index contributed by atoms with van der Waals surface area (Å²) in [5.74, 6) is -0.0967. The fourth-order valence-corrected chi connectivity index (χ4v) is 1.15. The van der Waals surface area contributed by atoms with Crippen molar-refractivity contribution in [2.75, 3.05) is 19.6 Å². The molecule has 1 aliphatic rings. The number of hydrogen-bond donors (Lipinski definition) is 0. The maximum absolute atomic E-state index is 10.8. The van der Waals surface area contributed by atoms with Gasteiger partial charge >= 0.3 is 5.97 Å². The van der Waals surface area contributed by atoms with Gasteiger partial charge in [0.05, 0.1) is 6.54 Å². The molecule has 0 aromatic rings. The Labute approximate surface area is 61.0 Å². The Bertz CT molecular complexity index is 136. The molecule has 10 heavy (non-hydrogen) atoms. The maximum atomic E-state index is 10.8. The van der Waals surface area contributed by atoms with Crippen LogP contribution in [0.25, 0.3) is 0 Å². The lowest BCUT2D eigenvalue weighted by Gasteiger charge is -2.28. The number of rotatable bonds is 1. The number of ether oxygens (including phenoxy) is 1. The van der Waals surface area contributed by atoms with Crippen LogP contribution in [-0.2, 0) is 9.53 Å². The predicted molar refractivity (Wildman–Crippen MR) is 37.7 cm³/mol. The molecule has 58 valence electrons. The molecule has 1 rings (SSSR count). The van der Waals surface area contributed by atoms with Gasteiger partial charge < -0.3 is 4.74 Å². The summed E-state index contributed by atoms with van der Waals surface area (Å²) in [5, 5.41) is 0. The van der Waals surface area contributed by atoms with Gasteiger partial charge in [-0.25, -0.2) is 0 Å². The number of carbonyl (C=O) groups is 1. The molecule has 0 saturated carbocycles. The lowest BCUT2D eigenvalue weighted by Crippen LogP contribution is -2.43. The first-order valence-electron chi connectivity index (χ1n) is 3.64. The molecule has 1 heterocycles. The van der Waals surface area contributed by atoms with Gasteiger partial charge in [0, 0.05) is 6.54 Å². The Kier molecular flexibility index (Phi) is 2.27. The molecule has 3 heteroatoms. The highest BCUT2D eigenvalue weighted by Gasteiger charge is 2.21. The number of hydrogen-bond acceptors (Lipinski definition) is 3. The van der Waals surface area contributed by atoms with Crippen molar-refractivity contribution in [3.8, 4) is 0 Å². The number of cyclic esters (lactones) is 1. The Balaban J connectivity index is 2.42. The number of carbonyl (C=O) groups excluding carboxylic acids is 1. The van der Waals surface area contributed by atoms with E-state index in [9.17, 15) is 4.79 Å². The van der Waals surface area contributed by atoms with Crippen molar-refractivity contribution in [1.82, 2.24) is 4.90 Å². The minimum Gasteiger partial charge on any atom is -0.460 e. The van der Waals surface area contributed by atoms with Crippen LogP contribution in [0.3, 0.4) is 0 Å². The number of nitrogens with zero attached hydrogens (tertiary/aromatic N) is 1. The molecule has 0 aliphatic carbocycles. The van der Waals surface area contributed by atoms with E-state index >= 15 is 0 Å². The van der Waals surface area contributed by atoms with Gasteiger partial charge in [0.15, 0.2) is 0 Å². The minimum absolute atomic E-state index is 0.0706. The van der Waals surface area contributed by atoms with E-state index in [2.05, 4.69) is 4.90 Å². The average molecular weight is 143 g/mol. The van der Waals surface area contributed by atoms with Crippen LogP contribution in [0.2, 0.25) is 0 Å². The van der Waals surface area contributed by atoms with Crippen LogP contribution in [0.4, 0.5) is 0 Å². The van der Waals surface area contributed by atoms with Crippen LogP contribution in [0, 0.1) is 0 Å². The second kappa shape index (κ2) is 3.01. The first-order valence-corrected chi connectivity index (χ1v) is 3.64. The monoisotopic (exact) mass is 143 g/mol. The molecule has 0 spiro atoms. The number of esters is 1. The molecule has 1 saturated heterocycles. The zero-order valence-corrected chi connectivity index (χ0v) is 6.46. The molecule has 3 nitrogen and oxygen atoms in total. The highest BCUT2D eigenvalue weighted by atomic mass is 16.5. The zero-order valence-electron chi connectivity index (χ0n) is 6.46. The van der Waals surface area contributed by atoms with E-state index in [0.29, 0.717) is 6.54 Å². The first kappa shape index (κ1) is 7.54. The SMILES string of the molecule is CCN1CC(=O)OC(C)C1. The van der Waals surface area contributed by atoms with Gasteiger partial charge in [0.25, 0.3) is 0 Å². The Morgan fingerprint density at radius 2 is 2.50 bits per heavy atom. The molecular formula is C7H13NO2. The van der Waals surface area contributed by atoms with Crippen LogP contribution >= 0.6 is 0 Å². The molecule has 0 N–H and O–H groups in total. The van der Waals surface area contributed by atoms with Crippen LogP contribution < -0.4 is 0 Å². The molecular weight excluding hydrogens is 130 g/mol. The molecule has 0 aromatic heterocycles. The highest BCUT2D eigenvalue weighted by Crippen LogP contribution is 2.03. The topological polar surface area (TPSA) is 29.5 Å². The molecule has 0 amide bonds. The van der Waals surface area contributed by atoms with Crippen LogP contribution in [0.5, 0.6) is 0 Å². The fraction of sp³-hybridized carbons (Fsp3) is 0.857. The second-order valence-electron chi connectivity index (χ2n) is 2.63. The summed E-state index contributed by atoms with van der Waals surface area (Å²) in [4.78, 5) is 12.9. The molecule has 1 unspecified atom stereocenters. The summed E-state index contributed by atoms with van der Waals surface area (Å²) in [6, 6.07) is 0. The van der Waals surface area contributed by atoms with Gasteiger partial charge in [-0.1, -0.05) is 6.92 Å². The van der Waals surface area contributed by atoms with Crippen molar-refractivity contribution in [2.24, 2.45) is 0 Å². The minimum atomic E-state index is -0.0967. The van der Waals surface area contributed by atoms with Gasteiger partial charge in [0.1, 0.15) is 6.10 Å². The zero-order chi connectivity index (χ0) is 7.56. The van der Waals surface area contributed by atoms with Crippen LogP contribution in [-0.4, -0.2) is 36.6 Å². The summed E-state index contributed by atoms with van der Waals surface area (Å²) in [6.07, 6.45) is 0.0706. The van der Waals surface area contributed by atoms with E-state index in [4.69, 9.17) is 4.74 Å². The maximum Gasteiger partial charge on any atom is 0.320 e. The summed E-state index contributed by atoms with van der Waals surface area (Å²) >= 11 is 0. The quantitative estimate of drug-likeness (QED) is 0.493. The van der Waals surface area contributed by atoms with Crippen molar-refractivity contribution < 1.29 is 9.53 Å². The molecule has 0 radical (unpaired) electrons. The molecule has 1 fully saturated rings. The van der Waals surface area contributed by atoms with Crippen molar-refractivity contribution in [2.45, 2.75) is 20.0 Å². The lowest BCUT2D eigenvalue weighted by molar-refractivity contribution is -0.157. The second-order valence-corrected chi connectivity index (χ2v) is 2.63. The Morgan fingerprint density at radius 3 is 3.00 bits per heavy atom. The normalized spacial score (nSPS) is 28.2. The smallest absolute Gasteiger partial charge is 0.320 e. The van der Waals surface area contributed by atoms with E-state index in [1.54, 1.807) is 0 Å². The van der Waals surface area contributed by atoms with E-state index < -0.39 is 0 Å². The molecule has 1 aliphatic heterocycles. The highest BCUT2D eigenvalue weighted by molar-refractivity contribution is 5.72. The van der Waals surface area contributed by atoms with Crippen LogP contribution in [0.15, 0.2) is 0 Å². The summed E-state index contributed by atoms with van der Waals surface area (Å²) in [5.41, 5.74) is 0.